The Kier molecular flexibility index (Phi) is 6.21. The summed E-state index contributed by atoms with van der Waals surface area (Å²) in [4.78, 5) is 29.2. The fourth-order valence-electron chi connectivity index (χ4n) is 2.78. The summed E-state index contributed by atoms with van der Waals surface area (Å²) >= 11 is 0. The van der Waals surface area contributed by atoms with Crippen molar-refractivity contribution >= 4 is 23.2 Å². The van der Waals surface area contributed by atoms with E-state index >= 15 is 0 Å². The molecule has 0 radical (unpaired) electrons. The van der Waals surface area contributed by atoms with Gasteiger partial charge in [0.1, 0.15) is 5.75 Å². The third-order valence-corrected chi connectivity index (χ3v) is 4.34. The Morgan fingerprint density at radius 2 is 1.55 bits per heavy atom. The predicted molar refractivity (Wildman–Crippen MR) is 112 cm³/mol. The van der Waals surface area contributed by atoms with Crippen molar-refractivity contribution in [2.24, 2.45) is 5.73 Å². The van der Waals surface area contributed by atoms with Crippen LogP contribution in [0, 0.1) is 0 Å². The molecule has 2 amide bonds. The highest BCUT2D eigenvalue weighted by molar-refractivity contribution is 6.07. The Bertz CT molecular complexity index is 1000. The van der Waals surface area contributed by atoms with E-state index in [2.05, 4.69) is 15.6 Å². The van der Waals surface area contributed by atoms with Crippen LogP contribution in [-0.4, -0.2) is 23.9 Å². The highest BCUT2D eigenvalue weighted by atomic mass is 16.5. The number of rotatable bonds is 6. The number of aromatic nitrogens is 1. The van der Waals surface area contributed by atoms with Gasteiger partial charge in [0.2, 0.25) is 0 Å². The van der Waals surface area contributed by atoms with E-state index in [0.29, 0.717) is 28.3 Å². The van der Waals surface area contributed by atoms with Gasteiger partial charge in [-0.25, -0.2) is 0 Å². The molecule has 0 aliphatic heterocycles. The largest absolute Gasteiger partial charge is 0.497 e. The number of nitrogens with one attached hydrogen (secondary N) is 2. The van der Waals surface area contributed by atoms with Gasteiger partial charge < -0.3 is 21.1 Å². The summed E-state index contributed by atoms with van der Waals surface area (Å²) in [7, 11) is 1.56. The van der Waals surface area contributed by atoms with Crippen LogP contribution < -0.4 is 21.1 Å². The van der Waals surface area contributed by atoms with Crippen LogP contribution in [0.5, 0.6) is 5.75 Å². The van der Waals surface area contributed by atoms with Crippen molar-refractivity contribution in [2.45, 2.75) is 13.0 Å². The van der Waals surface area contributed by atoms with Crippen LogP contribution in [0.15, 0.2) is 67.0 Å². The Balaban J connectivity index is 1.84. The third-order valence-electron chi connectivity index (χ3n) is 4.34. The molecule has 0 saturated carbocycles. The highest BCUT2D eigenvalue weighted by Crippen LogP contribution is 2.24. The van der Waals surface area contributed by atoms with Gasteiger partial charge in [0, 0.05) is 40.9 Å². The number of carbonyl (C=O) groups is 2. The summed E-state index contributed by atoms with van der Waals surface area (Å²) in [5.74, 6) is 0.0567. The van der Waals surface area contributed by atoms with Crippen LogP contribution in [0.2, 0.25) is 0 Å². The number of carbonyl (C=O) groups excluding carboxylic acids is 2. The number of nitrogens with two attached hydrogens (primary N) is 1. The van der Waals surface area contributed by atoms with E-state index in [1.807, 2.05) is 6.92 Å². The van der Waals surface area contributed by atoms with Crippen molar-refractivity contribution < 1.29 is 14.3 Å². The number of pyridine rings is 1. The molecule has 1 atom stereocenters. The van der Waals surface area contributed by atoms with E-state index < -0.39 is 0 Å². The van der Waals surface area contributed by atoms with E-state index in [1.54, 1.807) is 74.1 Å². The van der Waals surface area contributed by atoms with E-state index in [-0.39, 0.29) is 17.9 Å². The van der Waals surface area contributed by atoms with Gasteiger partial charge in [-0.3, -0.25) is 14.6 Å². The molecule has 3 rings (SSSR count). The molecule has 1 unspecified atom stereocenters. The lowest BCUT2D eigenvalue weighted by molar-refractivity contribution is 0.101. The molecule has 0 fully saturated rings. The first kappa shape index (κ1) is 20.0. The molecule has 3 aromatic rings. The van der Waals surface area contributed by atoms with E-state index in [1.165, 1.54) is 0 Å². The maximum Gasteiger partial charge on any atom is 0.255 e. The summed E-state index contributed by atoms with van der Waals surface area (Å²) in [6, 6.07) is 14.9. The Labute approximate surface area is 168 Å². The number of amides is 2. The van der Waals surface area contributed by atoms with E-state index in [9.17, 15) is 9.59 Å². The summed E-state index contributed by atoms with van der Waals surface area (Å²) in [6.07, 6.45) is 3.19. The molecule has 0 saturated heterocycles. The lowest BCUT2D eigenvalue weighted by Crippen LogP contribution is -2.18. The van der Waals surface area contributed by atoms with Gasteiger partial charge in [0.05, 0.1) is 7.11 Å². The number of benzene rings is 2. The molecule has 7 nitrogen and oxygen atoms in total. The normalized spacial score (nSPS) is 11.4. The smallest absolute Gasteiger partial charge is 0.255 e. The second-order valence-corrected chi connectivity index (χ2v) is 6.46. The van der Waals surface area contributed by atoms with E-state index in [4.69, 9.17) is 10.5 Å². The van der Waals surface area contributed by atoms with Gasteiger partial charge >= 0.3 is 0 Å². The monoisotopic (exact) mass is 390 g/mol. The molecule has 0 bridgehead atoms. The zero-order valence-corrected chi connectivity index (χ0v) is 16.2. The average molecular weight is 390 g/mol. The first-order chi connectivity index (χ1) is 14.0. The van der Waals surface area contributed by atoms with Gasteiger partial charge in [0.25, 0.3) is 11.8 Å². The van der Waals surface area contributed by atoms with E-state index in [0.717, 1.165) is 5.56 Å². The second kappa shape index (κ2) is 8.99. The van der Waals surface area contributed by atoms with Crippen LogP contribution >= 0.6 is 0 Å². The third kappa shape index (κ3) is 4.97. The van der Waals surface area contributed by atoms with Gasteiger partial charge in [-0.15, -0.1) is 0 Å². The molecular formula is C22H22N4O3. The average Bonchev–Trinajstić information content (AvgIpc) is 2.74. The quantitative estimate of drug-likeness (QED) is 0.596. The molecule has 0 aliphatic carbocycles. The number of methoxy groups -OCH3 is 1. The van der Waals surface area contributed by atoms with Gasteiger partial charge in [0.15, 0.2) is 0 Å². The molecule has 148 valence electrons. The number of nitrogens with zero attached hydrogens (tertiary/aromatic N) is 1. The van der Waals surface area contributed by atoms with Gasteiger partial charge in [-0.05, 0) is 61.0 Å². The molecular weight excluding hydrogens is 368 g/mol. The highest BCUT2D eigenvalue weighted by Gasteiger charge is 2.15. The molecule has 29 heavy (non-hydrogen) atoms. The first-order valence-electron chi connectivity index (χ1n) is 9.04. The van der Waals surface area contributed by atoms with Crippen molar-refractivity contribution in [1.29, 1.82) is 0 Å². The van der Waals surface area contributed by atoms with Gasteiger partial charge in [-0.1, -0.05) is 6.07 Å². The minimum Gasteiger partial charge on any atom is -0.497 e. The van der Waals surface area contributed by atoms with Crippen LogP contribution in [0.4, 0.5) is 11.4 Å². The summed E-state index contributed by atoms with van der Waals surface area (Å²) in [5.41, 5.74) is 8.75. The van der Waals surface area contributed by atoms with Gasteiger partial charge in [-0.2, -0.15) is 0 Å². The molecule has 4 N–H and O–H groups in total. The maximum atomic E-state index is 12.7. The zero-order chi connectivity index (χ0) is 20.8. The van der Waals surface area contributed by atoms with Crippen LogP contribution in [0.25, 0.3) is 0 Å². The standard InChI is InChI=1S/C22H22N4O3/c1-14(23)19-8-5-16(22(28)25-17-9-11-24-12-10-17)13-20(19)26-21(27)15-3-6-18(29-2)7-4-15/h3-14H,23H2,1-2H3,(H,26,27)(H,24,25,28). The van der Waals surface area contributed by atoms with Crippen LogP contribution in [0.1, 0.15) is 39.2 Å². The molecule has 2 aromatic carbocycles. The fourth-order valence-corrected chi connectivity index (χ4v) is 2.78. The Morgan fingerprint density at radius 3 is 2.17 bits per heavy atom. The molecule has 1 aromatic heterocycles. The van der Waals surface area contributed by atoms with Crippen molar-refractivity contribution in [3.63, 3.8) is 0 Å². The molecule has 0 spiro atoms. The number of ether oxygens (including phenoxy) is 1. The SMILES string of the molecule is COc1ccc(C(=O)Nc2cc(C(=O)Nc3ccncc3)ccc2C(C)N)cc1. The van der Waals surface area contributed by atoms with Crippen molar-refractivity contribution in [3.8, 4) is 5.75 Å². The summed E-state index contributed by atoms with van der Waals surface area (Å²) < 4.78 is 5.11. The van der Waals surface area contributed by atoms with Crippen LogP contribution in [0.3, 0.4) is 0 Å². The van der Waals surface area contributed by atoms with Crippen molar-refractivity contribution in [1.82, 2.24) is 4.98 Å². The number of anilines is 2. The summed E-state index contributed by atoms with van der Waals surface area (Å²) in [6.45, 7) is 1.81. The zero-order valence-electron chi connectivity index (χ0n) is 16.2. The van der Waals surface area contributed by atoms with Crippen LogP contribution in [-0.2, 0) is 0 Å². The number of hydrogen-bond acceptors (Lipinski definition) is 5. The molecule has 7 heteroatoms. The topological polar surface area (TPSA) is 106 Å². The maximum absolute atomic E-state index is 12.7. The van der Waals surface area contributed by atoms with Crippen molar-refractivity contribution in [3.05, 3.63) is 83.7 Å². The summed E-state index contributed by atoms with van der Waals surface area (Å²) in [5, 5.41) is 5.65. The Morgan fingerprint density at radius 1 is 0.931 bits per heavy atom. The molecule has 1 heterocycles. The number of hydrogen-bond donors (Lipinski definition) is 3. The van der Waals surface area contributed by atoms with Crippen molar-refractivity contribution in [2.75, 3.05) is 17.7 Å². The first-order valence-corrected chi connectivity index (χ1v) is 9.04. The molecule has 0 aliphatic rings. The fraction of sp³-hybridized carbons (Fsp3) is 0.136. The second-order valence-electron chi connectivity index (χ2n) is 6.46. The predicted octanol–water partition coefficient (Wildman–Crippen LogP) is 3.61. The lowest BCUT2D eigenvalue weighted by Gasteiger charge is -2.16. The minimum atomic E-state index is -0.321. The minimum absolute atomic E-state index is 0.299. The lowest BCUT2D eigenvalue weighted by atomic mass is 10.0. The Hall–Kier alpha value is -3.71.